The number of nitrogens with zero attached hydrogens (tertiary/aromatic N) is 2. The molecular weight excluding hydrogens is 216 g/mol. The molecule has 0 aromatic heterocycles. The van der Waals surface area contributed by atoms with Crippen molar-refractivity contribution in [2.75, 3.05) is 22.9 Å². The third-order valence-electron chi connectivity index (χ3n) is 3.08. The number of benzene rings is 1. The highest BCUT2D eigenvalue weighted by Crippen LogP contribution is 2.32. The van der Waals surface area contributed by atoms with Crippen LogP contribution in [-0.2, 0) is 9.59 Å². The van der Waals surface area contributed by atoms with Crippen molar-refractivity contribution in [3.63, 3.8) is 0 Å². The van der Waals surface area contributed by atoms with Crippen molar-refractivity contribution in [2.24, 2.45) is 5.92 Å². The van der Waals surface area contributed by atoms with Gasteiger partial charge in [0.2, 0.25) is 12.3 Å². The second kappa shape index (κ2) is 4.57. The van der Waals surface area contributed by atoms with E-state index in [0.29, 0.717) is 13.1 Å². The highest BCUT2D eigenvalue weighted by Gasteiger charge is 2.29. The fraction of sp³-hybridized carbons (Fsp3) is 0.385. The molecule has 0 bridgehead atoms. The summed E-state index contributed by atoms with van der Waals surface area (Å²) in [5, 5.41) is 0. The summed E-state index contributed by atoms with van der Waals surface area (Å²) in [4.78, 5) is 26.6. The lowest BCUT2D eigenvalue weighted by Gasteiger charge is -2.22. The molecule has 0 fully saturated rings. The van der Waals surface area contributed by atoms with E-state index in [0.717, 1.165) is 17.8 Å². The second-order valence-corrected chi connectivity index (χ2v) is 4.23. The Morgan fingerprint density at radius 2 is 2.00 bits per heavy atom. The molecule has 0 spiro atoms. The molecular formula is C13H16N2O2. The summed E-state index contributed by atoms with van der Waals surface area (Å²) in [6.45, 7) is 4.86. The van der Waals surface area contributed by atoms with Gasteiger partial charge < -0.3 is 9.80 Å². The van der Waals surface area contributed by atoms with Crippen LogP contribution >= 0.6 is 0 Å². The monoisotopic (exact) mass is 232 g/mol. The van der Waals surface area contributed by atoms with Gasteiger partial charge in [-0.15, -0.1) is 0 Å². The van der Waals surface area contributed by atoms with Gasteiger partial charge in [-0.05, 0) is 19.1 Å². The maximum Gasteiger partial charge on any atom is 0.231 e. The van der Waals surface area contributed by atoms with Gasteiger partial charge in [0.1, 0.15) is 0 Å². The molecule has 1 aliphatic heterocycles. The summed E-state index contributed by atoms with van der Waals surface area (Å²) in [6, 6.07) is 7.51. The summed E-state index contributed by atoms with van der Waals surface area (Å²) >= 11 is 0. The average Bonchev–Trinajstić information content (AvgIpc) is 2.46. The topological polar surface area (TPSA) is 40.6 Å². The molecule has 0 radical (unpaired) electrons. The SMILES string of the molecule is CCN1C(=O)C(C)CN(C=O)c2ccccc21. The van der Waals surface area contributed by atoms with Crippen molar-refractivity contribution in [1.82, 2.24) is 0 Å². The maximum absolute atomic E-state index is 12.2. The number of carbonyl (C=O) groups excluding carboxylic acids is 2. The van der Waals surface area contributed by atoms with Crippen molar-refractivity contribution >= 4 is 23.7 Å². The predicted octanol–water partition coefficient (Wildman–Crippen LogP) is 1.65. The van der Waals surface area contributed by atoms with Gasteiger partial charge in [0.05, 0.1) is 17.3 Å². The lowest BCUT2D eigenvalue weighted by atomic mass is 10.1. The van der Waals surface area contributed by atoms with E-state index in [1.807, 2.05) is 38.1 Å². The van der Waals surface area contributed by atoms with Crippen molar-refractivity contribution in [3.8, 4) is 0 Å². The highest BCUT2D eigenvalue weighted by molar-refractivity contribution is 6.02. The molecule has 90 valence electrons. The Kier molecular flexibility index (Phi) is 3.13. The van der Waals surface area contributed by atoms with E-state index in [1.165, 1.54) is 0 Å². The second-order valence-electron chi connectivity index (χ2n) is 4.23. The van der Waals surface area contributed by atoms with Gasteiger partial charge in [-0.3, -0.25) is 9.59 Å². The standard InChI is InChI=1S/C13H16N2O2/c1-3-15-12-7-5-4-6-11(12)14(9-16)8-10(2)13(15)17/h4-7,9-10H,3,8H2,1-2H3. The minimum absolute atomic E-state index is 0.0734. The summed E-state index contributed by atoms with van der Waals surface area (Å²) in [7, 11) is 0. The van der Waals surface area contributed by atoms with Gasteiger partial charge in [-0.2, -0.15) is 0 Å². The number of carbonyl (C=O) groups is 2. The van der Waals surface area contributed by atoms with E-state index >= 15 is 0 Å². The Morgan fingerprint density at radius 3 is 2.59 bits per heavy atom. The zero-order chi connectivity index (χ0) is 12.4. The van der Waals surface area contributed by atoms with Crippen molar-refractivity contribution in [2.45, 2.75) is 13.8 Å². The normalized spacial score (nSPS) is 19.9. The lowest BCUT2D eigenvalue weighted by molar-refractivity contribution is -0.121. The van der Waals surface area contributed by atoms with Gasteiger partial charge in [0.15, 0.2) is 0 Å². The molecule has 1 unspecified atom stereocenters. The van der Waals surface area contributed by atoms with Crippen LogP contribution in [0.4, 0.5) is 11.4 Å². The van der Waals surface area contributed by atoms with E-state index in [4.69, 9.17) is 0 Å². The van der Waals surface area contributed by atoms with Crippen LogP contribution in [-0.4, -0.2) is 25.4 Å². The quantitative estimate of drug-likeness (QED) is 0.727. The van der Waals surface area contributed by atoms with Gasteiger partial charge in [-0.1, -0.05) is 19.1 Å². The first-order valence-corrected chi connectivity index (χ1v) is 5.81. The van der Waals surface area contributed by atoms with Crippen molar-refractivity contribution in [3.05, 3.63) is 24.3 Å². The first-order chi connectivity index (χ1) is 8.19. The van der Waals surface area contributed by atoms with E-state index in [9.17, 15) is 9.59 Å². The van der Waals surface area contributed by atoms with Crippen LogP contribution in [0.1, 0.15) is 13.8 Å². The molecule has 1 atom stereocenters. The molecule has 1 aromatic carbocycles. The predicted molar refractivity (Wildman–Crippen MR) is 67.0 cm³/mol. The number of hydrogen-bond donors (Lipinski definition) is 0. The van der Waals surface area contributed by atoms with Crippen molar-refractivity contribution in [1.29, 1.82) is 0 Å². The van der Waals surface area contributed by atoms with Gasteiger partial charge >= 0.3 is 0 Å². The van der Waals surface area contributed by atoms with Crippen LogP contribution in [0.25, 0.3) is 0 Å². The largest absolute Gasteiger partial charge is 0.312 e. The Balaban J connectivity index is 2.56. The summed E-state index contributed by atoms with van der Waals surface area (Å²) in [6.07, 6.45) is 0.793. The van der Waals surface area contributed by atoms with Crippen LogP contribution in [0.5, 0.6) is 0 Å². The number of fused-ring (bicyclic) bond motifs is 1. The fourth-order valence-corrected chi connectivity index (χ4v) is 2.22. The smallest absolute Gasteiger partial charge is 0.231 e. The number of rotatable bonds is 2. The molecule has 0 saturated carbocycles. The minimum atomic E-state index is -0.174. The number of para-hydroxylation sites is 2. The Bertz CT molecular complexity index is 445. The molecule has 0 aliphatic carbocycles. The molecule has 0 saturated heterocycles. The minimum Gasteiger partial charge on any atom is -0.312 e. The third-order valence-corrected chi connectivity index (χ3v) is 3.08. The molecule has 2 rings (SSSR count). The van der Waals surface area contributed by atoms with E-state index < -0.39 is 0 Å². The zero-order valence-corrected chi connectivity index (χ0v) is 10.1. The highest BCUT2D eigenvalue weighted by atomic mass is 16.2. The van der Waals surface area contributed by atoms with Crippen LogP contribution in [0.15, 0.2) is 24.3 Å². The summed E-state index contributed by atoms with van der Waals surface area (Å²) in [5.74, 6) is -0.100. The molecule has 4 heteroatoms. The van der Waals surface area contributed by atoms with Gasteiger partial charge in [0.25, 0.3) is 0 Å². The molecule has 1 aliphatic rings. The number of amides is 2. The summed E-state index contributed by atoms with van der Waals surface area (Å²) < 4.78 is 0. The first-order valence-electron chi connectivity index (χ1n) is 5.81. The van der Waals surface area contributed by atoms with Crippen LogP contribution < -0.4 is 9.80 Å². The molecule has 1 aromatic rings. The molecule has 2 amide bonds. The summed E-state index contributed by atoms with van der Waals surface area (Å²) in [5.41, 5.74) is 1.62. The first kappa shape index (κ1) is 11.6. The van der Waals surface area contributed by atoms with E-state index in [-0.39, 0.29) is 11.8 Å². The molecule has 1 heterocycles. The third kappa shape index (κ3) is 1.90. The van der Waals surface area contributed by atoms with E-state index in [1.54, 1.807) is 9.80 Å². The molecule has 0 N–H and O–H groups in total. The van der Waals surface area contributed by atoms with E-state index in [2.05, 4.69) is 0 Å². The number of anilines is 2. The number of hydrogen-bond acceptors (Lipinski definition) is 2. The van der Waals surface area contributed by atoms with Gasteiger partial charge in [0, 0.05) is 13.1 Å². The van der Waals surface area contributed by atoms with Crippen LogP contribution in [0.3, 0.4) is 0 Å². The van der Waals surface area contributed by atoms with Crippen molar-refractivity contribution < 1.29 is 9.59 Å². The average molecular weight is 232 g/mol. The Hall–Kier alpha value is -1.84. The Morgan fingerprint density at radius 1 is 1.35 bits per heavy atom. The Labute approximate surface area is 101 Å². The van der Waals surface area contributed by atoms with Gasteiger partial charge in [-0.25, -0.2) is 0 Å². The maximum atomic E-state index is 12.2. The molecule has 17 heavy (non-hydrogen) atoms. The zero-order valence-electron chi connectivity index (χ0n) is 10.1. The van der Waals surface area contributed by atoms with Crippen LogP contribution in [0.2, 0.25) is 0 Å². The molecule has 4 nitrogen and oxygen atoms in total. The van der Waals surface area contributed by atoms with Crippen LogP contribution in [0, 0.1) is 5.92 Å². The fourth-order valence-electron chi connectivity index (χ4n) is 2.22. The lowest BCUT2D eigenvalue weighted by Crippen LogP contribution is -2.36.